The van der Waals surface area contributed by atoms with Crippen LogP contribution in [0.3, 0.4) is 0 Å². The lowest BCUT2D eigenvalue weighted by Gasteiger charge is -2.28. The Morgan fingerprint density at radius 1 is 0.966 bits per heavy atom. The predicted octanol–water partition coefficient (Wildman–Crippen LogP) is 2.55. The van der Waals surface area contributed by atoms with E-state index in [0.717, 1.165) is 0 Å². The van der Waals surface area contributed by atoms with Crippen LogP contribution in [0, 0.1) is 11.8 Å². The summed E-state index contributed by atoms with van der Waals surface area (Å²) in [6.45, 7) is 3.79. The minimum Gasteiger partial charge on any atom is -0.354 e. The summed E-state index contributed by atoms with van der Waals surface area (Å²) in [4.78, 5) is 24.5. The zero-order valence-corrected chi connectivity index (χ0v) is 15.8. The fraction of sp³-hybridized carbons (Fsp3) is 0.556. The number of hydrogen-bond donors (Lipinski definition) is 3. The molecule has 0 saturated carbocycles. The molecule has 4 N–H and O–H groups in total. The molecule has 164 valence electrons. The summed E-state index contributed by atoms with van der Waals surface area (Å²) in [6, 6.07) is 3.81. The van der Waals surface area contributed by atoms with Crippen molar-refractivity contribution in [3.8, 4) is 0 Å². The normalized spacial score (nSPS) is 14.6. The molecule has 1 rings (SSSR count). The van der Waals surface area contributed by atoms with Gasteiger partial charge in [-0.25, -0.2) is 0 Å². The Morgan fingerprint density at radius 3 is 1.93 bits per heavy atom. The molecule has 0 spiro atoms. The summed E-state index contributed by atoms with van der Waals surface area (Å²) >= 11 is 0. The molecule has 0 radical (unpaired) electrons. The first-order valence-electron chi connectivity index (χ1n) is 8.74. The van der Waals surface area contributed by atoms with Gasteiger partial charge in [0.2, 0.25) is 11.8 Å². The molecule has 0 aliphatic rings. The molecule has 0 aromatic heterocycles. The molecule has 0 aliphatic carbocycles. The first-order valence-corrected chi connectivity index (χ1v) is 8.74. The molecule has 2 unspecified atom stereocenters. The molecule has 0 fully saturated rings. The van der Waals surface area contributed by atoms with Crippen LogP contribution in [0.25, 0.3) is 0 Å². The van der Waals surface area contributed by atoms with Gasteiger partial charge >= 0.3 is 12.4 Å². The third-order valence-corrected chi connectivity index (χ3v) is 3.97. The van der Waals surface area contributed by atoms with E-state index < -0.39 is 42.2 Å². The summed E-state index contributed by atoms with van der Waals surface area (Å²) in [6.07, 6.45) is -11.7. The third-order valence-electron chi connectivity index (χ3n) is 3.97. The van der Waals surface area contributed by atoms with Gasteiger partial charge in [0.15, 0.2) is 5.92 Å². The number of carbonyl (C=O) groups excluding carboxylic acids is 2. The van der Waals surface area contributed by atoms with E-state index in [0.29, 0.717) is 5.56 Å². The number of carbonyl (C=O) groups is 2. The van der Waals surface area contributed by atoms with E-state index in [4.69, 9.17) is 5.73 Å². The van der Waals surface area contributed by atoms with Crippen molar-refractivity contribution in [2.24, 2.45) is 17.6 Å². The van der Waals surface area contributed by atoms with Crippen molar-refractivity contribution in [3.63, 3.8) is 0 Å². The van der Waals surface area contributed by atoms with Crippen LogP contribution in [0.4, 0.5) is 26.3 Å². The van der Waals surface area contributed by atoms with Crippen LogP contribution < -0.4 is 16.4 Å². The zero-order chi connectivity index (χ0) is 22.4. The monoisotopic (exact) mass is 427 g/mol. The number of nitrogens with one attached hydrogen (secondary N) is 2. The number of nitrogens with two attached hydrogens (primary N) is 1. The van der Waals surface area contributed by atoms with Crippen molar-refractivity contribution in [2.75, 3.05) is 6.54 Å². The van der Waals surface area contributed by atoms with Crippen LogP contribution in [0.5, 0.6) is 0 Å². The highest BCUT2D eigenvalue weighted by Gasteiger charge is 2.61. The van der Waals surface area contributed by atoms with Gasteiger partial charge in [0.1, 0.15) is 12.1 Å². The van der Waals surface area contributed by atoms with Gasteiger partial charge in [-0.1, -0.05) is 44.2 Å². The molecule has 1 aromatic carbocycles. The number of hydrogen-bond acceptors (Lipinski definition) is 3. The predicted molar refractivity (Wildman–Crippen MR) is 93.5 cm³/mol. The number of rotatable bonds is 8. The van der Waals surface area contributed by atoms with E-state index in [1.807, 2.05) is 5.32 Å². The zero-order valence-electron chi connectivity index (χ0n) is 15.8. The van der Waals surface area contributed by atoms with Gasteiger partial charge in [-0.3, -0.25) is 9.59 Å². The molecule has 0 heterocycles. The fourth-order valence-electron chi connectivity index (χ4n) is 2.50. The second-order valence-electron chi connectivity index (χ2n) is 6.98. The van der Waals surface area contributed by atoms with Crippen molar-refractivity contribution in [2.45, 2.75) is 44.7 Å². The van der Waals surface area contributed by atoms with Crippen LogP contribution in [-0.4, -0.2) is 42.8 Å². The van der Waals surface area contributed by atoms with Crippen molar-refractivity contribution in [3.05, 3.63) is 35.9 Å². The number of amides is 2. The van der Waals surface area contributed by atoms with E-state index in [1.54, 1.807) is 44.2 Å². The standard InChI is InChI=1S/C18H23F6N3O2/c1-10(2)9-26-15(28)12(8-11-6-4-3-5-7-11)27-16(29)13(25)14(17(19,20)21)18(22,23)24/h3-7,10,12-14H,8-9,25H2,1-2H3,(H,26,28)(H,27,29). The summed E-state index contributed by atoms with van der Waals surface area (Å²) in [7, 11) is 0. The van der Waals surface area contributed by atoms with Crippen LogP contribution in [0.2, 0.25) is 0 Å². The quantitative estimate of drug-likeness (QED) is 0.558. The number of halogens is 6. The lowest BCUT2D eigenvalue weighted by Crippen LogP contribution is -2.59. The van der Waals surface area contributed by atoms with Gasteiger partial charge in [0.05, 0.1) is 0 Å². The van der Waals surface area contributed by atoms with Gasteiger partial charge < -0.3 is 16.4 Å². The maximum atomic E-state index is 12.8. The van der Waals surface area contributed by atoms with E-state index in [1.165, 1.54) is 0 Å². The Hall–Kier alpha value is -2.30. The molecule has 5 nitrogen and oxygen atoms in total. The molecular weight excluding hydrogens is 404 g/mol. The smallest absolute Gasteiger partial charge is 0.354 e. The van der Waals surface area contributed by atoms with Crippen molar-refractivity contribution in [1.82, 2.24) is 10.6 Å². The summed E-state index contributed by atoms with van der Waals surface area (Å²) in [5, 5.41) is 4.43. The minimum absolute atomic E-state index is 0.0362. The highest BCUT2D eigenvalue weighted by molar-refractivity contribution is 5.90. The minimum atomic E-state index is -5.77. The van der Waals surface area contributed by atoms with E-state index in [9.17, 15) is 35.9 Å². The van der Waals surface area contributed by atoms with Gasteiger partial charge in [-0.15, -0.1) is 0 Å². The second-order valence-corrected chi connectivity index (χ2v) is 6.98. The molecule has 29 heavy (non-hydrogen) atoms. The molecular formula is C18H23F6N3O2. The van der Waals surface area contributed by atoms with Crippen LogP contribution in [0.15, 0.2) is 30.3 Å². The molecule has 0 saturated heterocycles. The SMILES string of the molecule is CC(C)CNC(=O)C(Cc1ccccc1)NC(=O)C(N)C(C(F)(F)F)C(F)(F)F. The van der Waals surface area contributed by atoms with Crippen molar-refractivity contribution >= 4 is 11.8 Å². The van der Waals surface area contributed by atoms with E-state index in [2.05, 4.69) is 5.32 Å². The molecule has 1 aromatic rings. The largest absolute Gasteiger partial charge is 0.402 e. The first-order chi connectivity index (χ1) is 13.2. The van der Waals surface area contributed by atoms with Gasteiger partial charge in [-0.2, -0.15) is 26.3 Å². The maximum absolute atomic E-state index is 12.8. The number of benzene rings is 1. The van der Waals surface area contributed by atoms with Gasteiger partial charge in [-0.05, 0) is 11.5 Å². The number of alkyl halides is 6. The highest BCUT2D eigenvalue weighted by atomic mass is 19.4. The maximum Gasteiger partial charge on any atom is 0.402 e. The Bertz CT molecular complexity index is 662. The summed E-state index contributed by atoms with van der Waals surface area (Å²) in [5.74, 6) is -6.47. The van der Waals surface area contributed by atoms with Crippen LogP contribution in [0.1, 0.15) is 19.4 Å². The average Bonchev–Trinajstić information content (AvgIpc) is 2.57. The Balaban J connectivity index is 3.03. The molecule has 0 aliphatic heterocycles. The molecule has 11 heteroatoms. The summed E-state index contributed by atoms with van der Waals surface area (Å²) < 4.78 is 76.9. The second kappa shape index (κ2) is 9.95. The highest BCUT2D eigenvalue weighted by Crippen LogP contribution is 2.40. The summed E-state index contributed by atoms with van der Waals surface area (Å²) in [5.41, 5.74) is 5.56. The average molecular weight is 427 g/mol. The molecule has 0 bridgehead atoms. The van der Waals surface area contributed by atoms with E-state index >= 15 is 0 Å². The van der Waals surface area contributed by atoms with Crippen LogP contribution in [-0.2, 0) is 16.0 Å². The van der Waals surface area contributed by atoms with E-state index in [-0.39, 0.29) is 18.9 Å². The Morgan fingerprint density at radius 2 is 1.48 bits per heavy atom. The van der Waals surface area contributed by atoms with Gasteiger partial charge in [0, 0.05) is 13.0 Å². The van der Waals surface area contributed by atoms with Crippen molar-refractivity contribution < 1.29 is 35.9 Å². The Labute approximate surface area is 164 Å². The Kier molecular flexibility index (Phi) is 8.49. The van der Waals surface area contributed by atoms with Gasteiger partial charge in [0.25, 0.3) is 0 Å². The van der Waals surface area contributed by atoms with Crippen molar-refractivity contribution in [1.29, 1.82) is 0 Å². The van der Waals surface area contributed by atoms with Crippen LogP contribution >= 0.6 is 0 Å². The topological polar surface area (TPSA) is 84.2 Å². The third kappa shape index (κ3) is 7.92. The first kappa shape index (κ1) is 24.7. The molecule has 2 atom stereocenters. The molecule has 2 amide bonds. The lowest BCUT2D eigenvalue weighted by atomic mass is 9.97. The fourth-order valence-corrected chi connectivity index (χ4v) is 2.50. The lowest BCUT2D eigenvalue weighted by molar-refractivity contribution is -0.287.